The van der Waals surface area contributed by atoms with Gasteiger partial charge in [0.2, 0.25) is 11.9 Å². The molecule has 4 rings (SSSR count). The van der Waals surface area contributed by atoms with Crippen LogP contribution in [0.4, 0.5) is 10.1 Å². The molecule has 6 nitrogen and oxygen atoms in total. The van der Waals surface area contributed by atoms with Crippen LogP contribution in [0.5, 0.6) is 11.5 Å². The average molecular weight is 525 g/mol. The van der Waals surface area contributed by atoms with Crippen LogP contribution in [-0.4, -0.2) is 25.1 Å². The van der Waals surface area contributed by atoms with E-state index < -0.39 is 15.8 Å². The molecule has 0 bridgehead atoms. The lowest BCUT2D eigenvalue weighted by molar-refractivity contribution is -0.115. The molecule has 4 aromatic rings. The molecule has 0 saturated carbocycles. The second kappa shape index (κ2) is 10.9. The molecule has 1 N–H and O–H groups in total. The van der Waals surface area contributed by atoms with Crippen molar-refractivity contribution in [1.82, 2.24) is 4.98 Å². The second-order valence-corrected chi connectivity index (χ2v) is 10.6. The number of carbonyl (C=O) groups is 1. The minimum absolute atomic E-state index is 0.00849. The number of pyridine rings is 1. The van der Waals surface area contributed by atoms with Gasteiger partial charge in [0.25, 0.3) is 0 Å². The van der Waals surface area contributed by atoms with Crippen LogP contribution in [0.3, 0.4) is 0 Å². The number of hydrogen-bond donors (Lipinski definition) is 1. The normalized spacial score (nSPS) is 11.2. The van der Waals surface area contributed by atoms with E-state index in [2.05, 4.69) is 10.3 Å². The van der Waals surface area contributed by atoms with E-state index in [1.54, 1.807) is 67.6 Å². The summed E-state index contributed by atoms with van der Waals surface area (Å²) in [5, 5.41) is 3.32. The van der Waals surface area contributed by atoms with Crippen LogP contribution < -0.4 is 10.1 Å². The van der Waals surface area contributed by atoms with Gasteiger partial charge < -0.3 is 10.1 Å². The van der Waals surface area contributed by atoms with Crippen LogP contribution in [0.15, 0.2) is 90.0 Å². The molecule has 0 aliphatic rings. The molecule has 0 unspecified atom stereocenters. The largest absolute Gasteiger partial charge is 0.457 e. The van der Waals surface area contributed by atoms with Crippen molar-refractivity contribution in [2.45, 2.75) is 18.2 Å². The number of amides is 1. The molecule has 184 valence electrons. The Bertz CT molecular complexity index is 1510. The Balaban J connectivity index is 1.57. The Labute approximate surface area is 213 Å². The number of benzene rings is 3. The second-order valence-electron chi connectivity index (χ2n) is 7.91. The number of rotatable bonds is 8. The van der Waals surface area contributed by atoms with Crippen molar-refractivity contribution in [3.63, 3.8) is 0 Å². The van der Waals surface area contributed by atoms with Gasteiger partial charge in [-0.1, -0.05) is 36.7 Å². The molecule has 9 heteroatoms. The summed E-state index contributed by atoms with van der Waals surface area (Å²) in [6.07, 6.45) is 1.41. The minimum Gasteiger partial charge on any atom is -0.457 e. The first-order valence-electron chi connectivity index (χ1n) is 11.0. The fourth-order valence-electron chi connectivity index (χ4n) is 3.52. The molecule has 1 amide bonds. The molecule has 1 aromatic heterocycles. The summed E-state index contributed by atoms with van der Waals surface area (Å²) in [6, 6.07) is 21.1. The lowest BCUT2D eigenvalue weighted by Gasteiger charge is -2.14. The highest BCUT2D eigenvalue weighted by molar-refractivity contribution is 7.91. The van der Waals surface area contributed by atoms with Gasteiger partial charge in [-0.15, -0.1) is 0 Å². The molecular formula is C27H22ClFN2O4S. The molecule has 0 atom stereocenters. The third kappa shape index (κ3) is 6.27. The quantitative estimate of drug-likeness (QED) is 0.273. The summed E-state index contributed by atoms with van der Waals surface area (Å²) in [7, 11) is -3.31. The van der Waals surface area contributed by atoms with Crippen molar-refractivity contribution in [2.24, 2.45) is 0 Å². The van der Waals surface area contributed by atoms with E-state index >= 15 is 0 Å². The fraction of sp³-hybridized carbons (Fsp3) is 0.111. The van der Waals surface area contributed by atoms with E-state index in [0.29, 0.717) is 38.9 Å². The Morgan fingerprint density at radius 3 is 2.50 bits per heavy atom. The fourth-order valence-corrected chi connectivity index (χ4v) is 4.59. The number of nitrogens with zero attached hydrogens (tertiary/aromatic N) is 1. The maximum Gasteiger partial charge on any atom is 0.228 e. The average Bonchev–Trinajstić information content (AvgIpc) is 2.84. The first-order valence-corrected chi connectivity index (χ1v) is 13.1. The third-order valence-corrected chi connectivity index (χ3v) is 7.34. The molecular weight excluding hydrogens is 503 g/mol. The topological polar surface area (TPSA) is 85.4 Å². The van der Waals surface area contributed by atoms with Crippen molar-refractivity contribution >= 4 is 33.0 Å². The highest BCUT2D eigenvalue weighted by Gasteiger charge is 2.14. The molecule has 0 fully saturated rings. The van der Waals surface area contributed by atoms with Gasteiger partial charge in [0.1, 0.15) is 11.5 Å². The van der Waals surface area contributed by atoms with Gasteiger partial charge in [0, 0.05) is 34.6 Å². The maximum absolute atomic E-state index is 13.8. The van der Waals surface area contributed by atoms with E-state index in [0.717, 1.165) is 0 Å². The highest BCUT2D eigenvalue weighted by atomic mass is 35.5. The van der Waals surface area contributed by atoms with E-state index in [4.69, 9.17) is 16.3 Å². The van der Waals surface area contributed by atoms with Gasteiger partial charge in [-0.05, 0) is 59.7 Å². The van der Waals surface area contributed by atoms with Crippen molar-refractivity contribution in [3.8, 4) is 22.6 Å². The van der Waals surface area contributed by atoms with Crippen molar-refractivity contribution in [1.29, 1.82) is 0 Å². The molecule has 0 radical (unpaired) electrons. The lowest BCUT2D eigenvalue weighted by Crippen LogP contribution is -2.14. The van der Waals surface area contributed by atoms with Gasteiger partial charge in [-0.2, -0.15) is 4.39 Å². The summed E-state index contributed by atoms with van der Waals surface area (Å²) in [5.74, 6) is -0.0540. The standard InChI is InChI=1S/C27H22ClFN2O4S/c1-2-36(33,34)23-9-6-18(7-10-23)14-27(32)31-21-8-11-24(19-12-13-30-26(29)15-19)25(17-21)35-22-5-3-4-20(28)16-22/h3-13,15-17H,2,14H2,1H3,(H,31,32). The smallest absolute Gasteiger partial charge is 0.228 e. The monoisotopic (exact) mass is 524 g/mol. The predicted molar refractivity (Wildman–Crippen MR) is 138 cm³/mol. The number of carbonyl (C=O) groups excluding carboxylic acids is 1. The predicted octanol–water partition coefficient (Wildman–Crippen LogP) is 6.31. The summed E-state index contributed by atoms with van der Waals surface area (Å²) >= 11 is 6.08. The Kier molecular flexibility index (Phi) is 7.67. The van der Waals surface area contributed by atoms with Gasteiger partial charge in [-0.25, -0.2) is 13.4 Å². The van der Waals surface area contributed by atoms with Crippen LogP contribution in [0, 0.1) is 5.95 Å². The summed E-state index contributed by atoms with van der Waals surface area (Å²) < 4.78 is 43.8. The molecule has 36 heavy (non-hydrogen) atoms. The van der Waals surface area contributed by atoms with Gasteiger partial charge in [0.15, 0.2) is 9.84 Å². The van der Waals surface area contributed by atoms with Gasteiger partial charge >= 0.3 is 0 Å². The molecule has 0 aliphatic carbocycles. The van der Waals surface area contributed by atoms with Crippen LogP contribution in [0.25, 0.3) is 11.1 Å². The van der Waals surface area contributed by atoms with E-state index in [-0.39, 0.29) is 23.0 Å². The first kappa shape index (κ1) is 25.3. The summed E-state index contributed by atoms with van der Waals surface area (Å²) in [5.41, 5.74) is 2.30. The summed E-state index contributed by atoms with van der Waals surface area (Å²) in [6.45, 7) is 1.58. The van der Waals surface area contributed by atoms with Gasteiger partial charge in [0.05, 0.1) is 17.1 Å². The van der Waals surface area contributed by atoms with Gasteiger partial charge in [-0.3, -0.25) is 4.79 Å². The zero-order valence-corrected chi connectivity index (χ0v) is 20.8. The highest BCUT2D eigenvalue weighted by Crippen LogP contribution is 2.36. The maximum atomic E-state index is 13.8. The molecule has 1 heterocycles. The Morgan fingerprint density at radius 1 is 1.03 bits per heavy atom. The molecule has 3 aromatic carbocycles. The molecule has 0 spiro atoms. The van der Waals surface area contributed by atoms with Crippen molar-refractivity contribution < 1.29 is 22.3 Å². The third-order valence-electron chi connectivity index (χ3n) is 5.35. The number of aromatic nitrogens is 1. The number of halogens is 2. The van der Waals surface area contributed by atoms with E-state index in [9.17, 15) is 17.6 Å². The Morgan fingerprint density at radius 2 is 1.81 bits per heavy atom. The number of sulfone groups is 1. The lowest BCUT2D eigenvalue weighted by atomic mass is 10.0. The molecule has 0 aliphatic heterocycles. The number of ether oxygens (including phenoxy) is 1. The number of nitrogens with one attached hydrogen (secondary N) is 1. The number of anilines is 1. The Hall–Kier alpha value is -3.75. The van der Waals surface area contributed by atoms with Crippen molar-refractivity contribution in [3.05, 3.63) is 102 Å². The van der Waals surface area contributed by atoms with Crippen molar-refractivity contribution in [2.75, 3.05) is 11.1 Å². The minimum atomic E-state index is -3.31. The summed E-state index contributed by atoms with van der Waals surface area (Å²) in [4.78, 5) is 16.5. The van der Waals surface area contributed by atoms with E-state index in [1.165, 1.54) is 24.4 Å². The zero-order chi connectivity index (χ0) is 25.7. The zero-order valence-electron chi connectivity index (χ0n) is 19.2. The van der Waals surface area contributed by atoms with Crippen LogP contribution >= 0.6 is 11.6 Å². The van der Waals surface area contributed by atoms with Crippen LogP contribution in [0.1, 0.15) is 12.5 Å². The van der Waals surface area contributed by atoms with E-state index in [1.807, 2.05) is 0 Å². The molecule has 0 saturated heterocycles. The van der Waals surface area contributed by atoms with Crippen LogP contribution in [-0.2, 0) is 21.1 Å². The number of hydrogen-bond acceptors (Lipinski definition) is 5. The SMILES string of the molecule is CCS(=O)(=O)c1ccc(CC(=O)Nc2ccc(-c3ccnc(F)c3)c(Oc3cccc(Cl)c3)c2)cc1. The first-order chi connectivity index (χ1) is 17.2. The van der Waals surface area contributed by atoms with Crippen LogP contribution in [0.2, 0.25) is 5.02 Å².